The van der Waals surface area contributed by atoms with Crippen LogP contribution in [0.2, 0.25) is 0 Å². The molecule has 1 heterocycles. The molecule has 0 fully saturated rings. The highest BCUT2D eigenvalue weighted by Crippen LogP contribution is 2.30. The topological polar surface area (TPSA) is 74.4 Å². The number of ether oxygens (including phenoxy) is 2. The predicted molar refractivity (Wildman–Crippen MR) is 78.9 cm³/mol. The van der Waals surface area contributed by atoms with Crippen molar-refractivity contribution in [2.45, 2.75) is 13.3 Å². The Morgan fingerprint density at radius 1 is 1.45 bits per heavy atom. The average Bonchev–Trinajstić information content (AvgIpc) is 2.87. The monoisotopic (exact) mass is 292 g/mol. The molecule has 2 N–H and O–H groups in total. The highest BCUT2D eigenvalue weighted by molar-refractivity contribution is 7.13. The predicted octanol–water partition coefficient (Wildman–Crippen LogP) is 2.51. The number of hydrogen-bond donors (Lipinski definition) is 1. The first-order valence-corrected chi connectivity index (χ1v) is 7.06. The normalized spacial score (nSPS) is 10.3. The maximum Gasteiger partial charge on any atom is 0.311 e. The number of benzene rings is 1. The molecule has 0 saturated heterocycles. The summed E-state index contributed by atoms with van der Waals surface area (Å²) >= 11 is 1.47. The SMILES string of the molecule is CCOC(=O)Cc1csc(-c2ccc(OC)c(N)c2)n1. The third-order valence-corrected chi connectivity index (χ3v) is 3.60. The maximum absolute atomic E-state index is 11.4. The number of nitrogen functional groups attached to an aromatic ring is 1. The second-order valence-electron chi connectivity index (χ2n) is 4.08. The zero-order valence-corrected chi connectivity index (χ0v) is 12.2. The van der Waals surface area contributed by atoms with E-state index in [1.54, 1.807) is 20.1 Å². The van der Waals surface area contributed by atoms with Crippen molar-refractivity contribution in [3.05, 3.63) is 29.3 Å². The fourth-order valence-electron chi connectivity index (χ4n) is 1.75. The summed E-state index contributed by atoms with van der Waals surface area (Å²) in [5, 5.41) is 2.67. The van der Waals surface area contributed by atoms with Gasteiger partial charge in [-0.3, -0.25) is 4.79 Å². The number of nitrogens with zero attached hydrogens (tertiary/aromatic N) is 1. The molecule has 2 rings (SSSR count). The van der Waals surface area contributed by atoms with Crippen LogP contribution in [0.3, 0.4) is 0 Å². The maximum atomic E-state index is 11.4. The van der Waals surface area contributed by atoms with Gasteiger partial charge in [0.25, 0.3) is 0 Å². The largest absolute Gasteiger partial charge is 0.495 e. The van der Waals surface area contributed by atoms with E-state index in [4.69, 9.17) is 15.2 Å². The van der Waals surface area contributed by atoms with Crippen LogP contribution in [0, 0.1) is 0 Å². The molecule has 0 unspecified atom stereocenters. The Morgan fingerprint density at radius 2 is 2.25 bits per heavy atom. The van der Waals surface area contributed by atoms with E-state index < -0.39 is 0 Å². The highest BCUT2D eigenvalue weighted by atomic mass is 32.1. The van der Waals surface area contributed by atoms with Crippen molar-refractivity contribution in [2.75, 3.05) is 19.5 Å². The first-order chi connectivity index (χ1) is 9.63. The molecule has 0 aliphatic heterocycles. The molecule has 106 valence electrons. The zero-order valence-electron chi connectivity index (χ0n) is 11.4. The molecule has 1 aromatic heterocycles. The van der Waals surface area contributed by atoms with E-state index in [1.165, 1.54) is 11.3 Å². The quantitative estimate of drug-likeness (QED) is 0.677. The Labute approximate surface area is 121 Å². The Balaban J connectivity index is 2.16. The van der Waals surface area contributed by atoms with Crippen LogP contribution in [0.25, 0.3) is 10.6 Å². The summed E-state index contributed by atoms with van der Waals surface area (Å²) in [6, 6.07) is 5.51. The van der Waals surface area contributed by atoms with Crippen LogP contribution in [-0.4, -0.2) is 24.7 Å². The lowest BCUT2D eigenvalue weighted by molar-refractivity contribution is -0.142. The van der Waals surface area contributed by atoms with Crippen molar-refractivity contribution < 1.29 is 14.3 Å². The smallest absolute Gasteiger partial charge is 0.311 e. The minimum Gasteiger partial charge on any atom is -0.495 e. The van der Waals surface area contributed by atoms with Crippen molar-refractivity contribution in [2.24, 2.45) is 0 Å². The van der Waals surface area contributed by atoms with Gasteiger partial charge in [-0.2, -0.15) is 0 Å². The second kappa shape index (κ2) is 6.38. The van der Waals surface area contributed by atoms with Crippen LogP contribution < -0.4 is 10.5 Å². The lowest BCUT2D eigenvalue weighted by atomic mass is 10.2. The first-order valence-electron chi connectivity index (χ1n) is 6.18. The summed E-state index contributed by atoms with van der Waals surface area (Å²) in [5.41, 5.74) is 8.05. The van der Waals surface area contributed by atoms with E-state index >= 15 is 0 Å². The van der Waals surface area contributed by atoms with Gasteiger partial charge in [0.1, 0.15) is 10.8 Å². The van der Waals surface area contributed by atoms with Crippen molar-refractivity contribution >= 4 is 23.0 Å². The Kier molecular flexibility index (Phi) is 4.57. The molecule has 0 atom stereocenters. The summed E-state index contributed by atoms with van der Waals surface area (Å²) in [6.45, 7) is 2.16. The molecule has 0 amide bonds. The van der Waals surface area contributed by atoms with Crippen LogP contribution in [0.15, 0.2) is 23.6 Å². The van der Waals surface area contributed by atoms with E-state index in [9.17, 15) is 4.79 Å². The summed E-state index contributed by atoms with van der Waals surface area (Å²) in [5.74, 6) is 0.371. The van der Waals surface area contributed by atoms with E-state index in [0.29, 0.717) is 23.7 Å². The second-order valence-corrected chi connectivity index (χ2v) is 4.94. The molecule has 6 heteroatoms. The van der Waals surface area contributed by atoms with Gasteiger partial charge in [0.05, 0.1) is 31.5 Å². The number of anilines is 1. The van der Waals surface area contributed by atoms with Crippen LogP contribution in [0.4, 0.5) is 5.69 Å². The number of aromatic nitrogens is 1. The minimum absolute atomic E-state index is 0.190. The number of thiazole rings is 1. The van der Waals surface area contributed by atoms with Gasteiger partial charge in [-0.15, -0.1) is 11.3 Å². The van der Waals surface area contributed by atoms with Crippen molar-refractivity contribution in [1.29, 1.82) is 0 Å². The molecule has 5 nitrogen and oxygen atoms in total. The molecule has 0 aliphatic rings. The number of carbonyl (C=O) groups is 1. The Bertz CT molecular complexity index is 610. The fraction of sp³-hybridized carbons (Fsp3) is 0.286. The molecule has 0 spiro atoms. The fourth-order valence-corrected chi connectivity index (χ4v) is 2.56. The first kappa shape index (κ1) is 14.3. The molecule has 0 radical (unpaired) electrons. The van der Waals surface area contributed by atoms with E-state index in [2.05, 4.69) is 4.98 Å². The number of carbonyl (C=O) groups excluding carboxylic acids is 1. The highest BCUT2D eigenvalue weighted by Gasteiger charge is 2.10. The molecule has 2 aromatic rings. The summed E-state index contributed by atoms with van der Waals surface area (Å²) in [4.78, 5) is 15.8. The summed E-state index contributed by atoms with van der Waals surface area (Å²) < 4.78 is 10.0. The molecule has 0 bridgehead atoms. The van der Waals surface area contributed by atoms with Gasteiger partial charge < -0.3 is 15.2 Å². The third kappa shape index (κ3) is 3.27. The molecule has 20 heavy (non-hydrogen) atoms. The minimum atomic E-state index is -0.265. The van der Waals surface area contributed by atoms with E-state index in [-0.39, 0.29) is 12.4 Å². The number of nitrogens with two attached hydrogens (primary N) is 1. The van der Waals surface area contributed by atoms with E-state index in [1.807, 2.05) is 17.5 Å². The van der Waals surface area contributed by atoms with Crippen LogP contribution in [0.1, 0.15) is 12.6 Å². The molecule has 0 saturated carbocycles. The lowest BCUT2D eigenvalue weighted by Gasteiger charge is -2.05. The molecule has 0 aliphatic carbocycles. The number of esters is 1. The van der Waals surface area contributed by atoms with Crippen LogP contribution in [0.5, 0.6) is 5.75 Å². The van der Waals surface area contributed by atoms with Crippen molar-refractivity contribution in [3.8, 4) is 16.3 Å². The summed E-state index contributed by atoms with van der Waals surface area (Å²) in [7, 11) is 1.58. The average molecular weight is 292 g/mol. The van der Waals surface area contributed by atoms with Gasteiger partial charge in [0, 0.05) is 10.9 Å². The standard InChI is InChI=1S/C14H16N2O3S/c1-3-19-13(17)7-10-8-20-14(16-10)9-4-5-12(18-2)11(15)6-9/h4-6,8H,3,7,15H2,1-2H3. The van der Waals surface area contributed by atoms with Gasteiger partial charge in [-0.1, -0.05) is 0 Å². The van der Waals surface area contributed by atoms with Crippen LogP contribution >= 0.6 is 11.3 Å². The van der Waals surface area contributed by atoms with Gasteiger partial charge >= 0.3 is 5.97 Å². The third-order valence-electron chi connectivity index (χ3n) is 2.66. The number of methoxy groups -OCH3 is 1. The lowest BCUT2D eigenvalue weighted by Crippen LogP contribution is -2.07. The van der Waals surface area contributed by atoms with E-state index in [0.717, 1.165) is 10.6 Å². The number of rotatable bonds is 5. The zero-order chi connectivity index (χ0) is 14.5. The Hall–Kier alpha value is -2.08. The molecule has 1 aromatic carbocycles. The molecular weight excluding hydrogens is 276 g/mol. The van der Waals surface area contributed by atoms with Crippen molar-refractivity contribution in [3.63, 3.8) is 0 Å². The van der Waals surface area contributed by atoms with Crippen molar-refractivity contribution in [1.82, 2.24) is 4.98 Å². The van der Waals surface area contributed by atoms with Crippen LogP contribution in [-0.2, 0) is 16.0 Å². The van der Waals surface area contributed by atoms with Gasteiger partial charge in [0.15, 0.2) is 0 Å². The van der Waals surface area contributed by atoms with Gasteiger partial charge in [-0.05, 0) is 25.1 Å². The summed E-state index contributed by atoms with van der Waals surface area (Å²) in [6.07, 6.45) is 0.190. The van der Waals surface area contributed by atoms with Gasteiger partial charge in [0.2, 0.25) is 0 Å². The number of hydrogen-bond acceptors (Lipinski definition) is 6. The molecular formula is C14H16N2O3S. The Morgan fingerprint density at radius 3 is 2.90 bits per heavy atom. The van der Waals surface area contributed by atoms with Gasteiger partial charge in [-0.25, -0.2) is 4.98 Å².